The maximum atomic E-state index is 12.4. The van der Waals surface area contributed by atoms with E-state index in [0.29, 0.717) is 5.25 Å². The second-order valence-electron chi connectivity index (χ2n) is 5.62. The van der Waals surface area contributed by atoms with E-state index in [-0.39, 0.29) is 12.1 Å². The third-order valence-electron chi connectivity index (χ3n) is 4.13. The summed E-state index contributed by atoms with van der Waals surface area (Å²) in [5.41, 5.74) is 1.15. The number of hydrogen-bond donors (Lipinski definition) is 1. The van der Waals surface area contributed by atoms with Crippen molar-refractivity contribution in [2.45, 2.75) is 37.0 Å². The summed E-state index contributed by atoms with van der Waals surface area (Å²) in [5.74, 6) is 1.24. The number of likely N-dealkylation sites (tertiary alicyclic amines) is 1. The molecule has 0 saturated carbocycles. The SMILES string of the molecule is Cn1cc([C@@H]2CCCN2C(=O)NC[C@H]2CCCS2)cn1. The average molecular weight is 294 g/mol. The summed E-state index contributed by atoms with van der Waals surface area (Å²) in [5, 5.41) is 7.94. The van der Waals surface area contributed by atoms with E-state index < -0.39 is 0 Å². The minimum absolute atomic E-state index is 0.0869. The number of thioether (sulfide) groups is 1. The molecule has 1 N–H and O–H groups in total. The van der Waals surface area contributed by atoms with Gasteiger partial charge in [-0.3, -0.25) is 4.68 Å². The lowest BCUT2D eigenvalue weighted by atomic mass is 10.1. The molecule has 110 valence electrons. The lowest BCUT2D eigenvalue weighted by Gasteiger charge is -2.25. The Morgan fingerprint density at radius 1 is 1.50 bits per heavy atom. The monoisotopic (exact) mass is 294 g/mol. The largest absolute Gasteiger partial charge is 0.337 e. The Balaban J connectivity index is 1.58. The highest BCUT2D eigenvalue weighted by Crippen LogP contribution is 2.31. The van der Waals surface area contributed by atoms with Gasteiger partial charge in [0.05, 0.1) is 12.2 Å². The quantitative estimate of drug-likeness (QED) is 0.929. The molecule has 0 aromatic carbocycles. The molecule has 0 aliphatic carbocycles. The van der Waals surface area contributed by atoms with Gasteiger partial charge < -0.3 is 10.2 Å². The molecule has 2 atom stereocenters. The molecule has 1 aromatic heterocycles. The van der Waals surface area contributed by atoms with Crippen LogP contribution < -0.4 is 5.32 Å². The molecule has 0 spiro atoms. The highest BCUT2D eigenvalue weighted by atomic mass is 32.2. The fraction of sp³-hybridized carbons (Fsp3) is 0.714. The van der Waals surface area contributed by atoms with Crippen LogP contribution in [0.5, 0.6) is 0 Å². The van der Waals surface area contributed by atoms with E-state index in [9.17, 15) is 4.79 Å². The maximum Gasteiger partial charge on any atom is 0.317 e. The van der Waals surface area contributed by atoms with E-state index in [1.165, 1.54) is 18.6 Å². The number of carbonyl (C=O) groups is 1. The molecule has 2 fully saturated rings. The van der Waals surface area contributed by atoms with Gasteiger partial charge in [-0.25, -0.2) is 4.79 Å². The molecule has 0 bridgehead atoms. The maximum absolute atomic E-state index is 12.4. The van der Waals surface area contributed by atoms with Gasteiger partial charge in [0.15, 0.2) is 0 Å². The highest BCUT2D eigenvalue weighted by Gasteiger charge is 2.31. The van der Waals surface area contributed by atoms with Crippen molar-refractivity contribution >= 4 is 17.8 Å². The summed E-state index contributed by atoms with van der Waals surface area (Å²) in [4.78, 5) is 14.3. The molecule has 2 amide bonds. The van der Waals surface area contributed by atoms with Gasteiger partial charge in [0.1, 0.15) is 0 Å². The third-order valence-corrected chi connectivity index (χ3v) is 5.53. The molecular weight excluding hydrogens is 272 g/mol. The number of carbonyl (C=O) groups excluding carboxylic acids is 1. The first-order valence-corrected chi connectivity index (χ1v) is 8.43. The van der Waals surface area contributed by atoms with E-state index in [0.717, 1.165) is 31.5 Å². The number of aryl methyl sites for hydroxylation is 1. The molecule has 0 radical (unpaired) electrons. The number of amides is 2. The molecule has 1 aromatic rings. The first-order valence-electron chi connectivity index (χ1n) is 7.38. The van der Waals surface area contributed by atoms with Crippen LogP contribution in [0.2, 0.25) is 0 Å². The van der Waals surface area contributed by atoms with Crippen molar-refractivity contribution in [2.24, 2.45) is 7.05 Å². The van der Waals surface area contributed by atoms with Gasteiger partial charge in [0.25, 0.3) is 0 Å². The predicted molar refractivity (Wildman–Crippen MR) is 80.8 cm³/mol. The van der Waals surface area contributed by atoms with Gasteiger partial charge in [-0.05, 0) is 31.4 Å². The van der Waals surface area contributed by atoms with Crippen LogP contribution in [0.25, 0.3) is 0 Å². The number of aromatic nitrogens is 2. The Hall–Kier alpha value is -1.17. The van der Waals surface area contributed by atoms with Crippen LogP contribution >= 0.6 is 11.8 Å². The minimum Gasteiger partial charge on any atom is -0.337 e. The summed E-state index contributed by atoms with van der Waals surface area (Å²) >= 11 is 1.98. The Labute approximate surface area is 124 Å². The van der Waals surface area contributed by atoms with Crippen LogP contribution in [0.15, 0.2) is 12.4 Å². The van der Waals surface area contributed by atoms with Crippen molar-refractivity contribution in [3.05, 3.63) is 18.0 Å². The van der Waals surface area contributed by atoms with Gasteiger partial charge in [-0.1, -0.05) is 0 Å². The lowest BCUT2D eigenvalue weighted by Crippen LogP contribution is -2.41. The molecule has 6 heteroatoms. The molecule has 20 heavy (non-hydrogen) atoms. The predicted octanol–water partition coefficient (Wildman–Crippen LogP) is 2.16. The Kier molecular flexibility index (Phi) is 4.19. The molecule has 3 rings (SSSR count). The first kappa shape index (κ1) is 13.8. The summed E-state index contributed by atoms with van der Waals surface area (Å²) in [6.07, 6.45) is 8.53. The number of nitrogens with zero attached hydrogens (tertiary/aromatic N) is 3. The van der Waals surface area contributed by atoms with Crippen LogP contribution in [0, 0.1) is 0 Å². The van der Waals surface area contributed by atoms with Crippen molar-refractivity contribution in [1.29, 1.82) is 0 Å². The third kappa shape index (κ3) is 2.95. The van der Waals surface area contributed by atoms with Crippen LogP contribution in [-0.4, -0.2) is 44.8 Å². The number of urea groups is 1. The number of nitrogens with one attached hydrogen (secondary N) is 1. The first-order chi connectivity index (χ1) is 9.74. The Morgan fingerprint density at radius 2 is 2.40 bits per heavy atom. The van der Waals surface area contributed by atoms with Crippen LogP contribution in [0.3, 0.4) is 0 Å². The summed E-state index contributed by atoms with van der Waals surface area (Å²) < 4.78 is 1.80. The Bertz CT molecular complexity index is 469. The summed E-state index contributed by atoms with van der Waals surface area (Å²) in [6.45, 7) is 1.66. The van der Waals surface area contributed by atoms with Gasteiger partial charge in [-0.2, -0.15) is 16.9 Å². The van der Waals surface area contributed by atoms with Crippen molar-refractivity contribution in [3.8, 4) is 0 Å². The second-order valence-corrected chi connectivity index (χ2v) is 7.03. The van der Waals surface area contributed by atoms with E-state index in [1.54, 1.807) is 4.68 Å². The van der Waals surface area contributed by atoms with Gasteiger partial charge >= 0.3 is 6.03 Å². The average Bonchev–Trinajstić information content (AvgIpc) is 3.16. The van der Waals surface area contributed by atoms with Crippen molar-refractivity contribution in [2.75, 3.05) is 18.8 Å². The minimum atomic E-state index is 0.0869. The van der Waals surface area contributed by atoms with Crippen LogP contribution in [0.4, 0.5) is 4.79 Å². The fourth-order valence-electron chi connectivity index (χ4n) is 3.08. The van der Waals surface area contributed by atoms with Crippen LogP contribution in [0.1, 0.15) is 37.3 Å². The fourth-order valence-corrected chi connectivity index (χ4v) is 4.28. The second kappa shape index (κ2) is 6.08. The van der Waals surface area contributed by atoms with Crippen LogP contribution in [-0.2, 0) is 7.05 Å². The number of rotatable bonds is 3. The summed E-state index contributed by atoms with van der Waals surface area (Å²) in [6, 6.07) is 0.281. The van der Waals surface area contributed by atoms with Crippen molar-refractivity contribution in [1.82, 2.24) is 20.0 Å². The normalized spacial score (nSPS) is 26.1. The Morgan fingerprint density at radius 3 is 3.10 bits per heavy atom. The molecule has 0 unspecified atom stereocenters. The zero-order valence-electron chi connectivity index (χ0n) is 11.9. The highest BCUT2D eigenvalue weighted by molar-refractivity contribution is 8.00. The molecule has 5 nitrogen and oxygen atoms in total. The zero-order chi connectivity index (χ0) is 13.9. The van der Waals surface area contributed by atoms with E-state index >= 15 is 0 Å². The standard InChI is InChI=1S/C14H22N4OS/c1-17-10-11(8-16-17)13-5-2-6-18(13)14(19)15-9-12-4-3-7-20-12/h8,10,12-13H,2-7,9H2,1H3,(H,15,19)/t12-,13+/m1/s1. The van der Waals surface area contributed by atoms with Crippen molar-refractivity contribution in [3.63, 3.8) is 0 Å². The van der Waals surface area contributed by atoms with Gasteiger partial charge in [0, 0.05) is 37.1 Å². The summed E-state index contributed by atoms with van der Waals surface area (Å²) in [7, 11) is 1.92. The van der Waals surface area contributed by atoms with Crippen molar-refractivity contribution < 1.29 is 4.79 Å². The topological polar surface area (TPSA) is 50.2 Å². The molecule has 2 aliphatic rings. The molecule has 3 heterocycles. The van der Waals surface area contributed by atoms with E-state index in [2.05, 4.69) is 10.4 Å². The molecule has 2 saturated heterocycles. The van der Waals surface area contributed by atoms with E-state index in [4.69, 9.17) is 0 Å². The molecule has 2 aliphatic heterocycles. The smallest absolute Gasteiger partial charge is 0.317 e. The zero-order valence-corrected chi connectivity index (χ0v) is 12.7. The lowest BCUT2D eigenvalue weighted by molar-refractivity contribution is 0.193. The molecular formula is C14H22N4OS. The van der Waals surface area contributed by atoms with Gasteiger partial charge in [-0.15, -0.1) is 0 Å². The number of hydrogen-bond acceptors (Lipinski definition) is 3. The van der Waals surface area contributed by atoms with Gasteiger partial charge in [0.2, 0.25) is 0 Å². The van der Waals surface area contributed by atoms with E-state index in [1.807, 2.05) is 36.1 Å².